The van der Waals surface area contributed by atoms with Gasteiger partial charge in [-0.2, -0.15) is 0 Å². The quantitative estimate of drug-likeness (QED) is 0.527. The molecular formula is C20H15N3. The average molecular weight is 297 g/mol. The monoisotopic (exact) mass is 297 g/mol. The Morgan fingerprint density at radius 1 is 1.04 bits per heavy atom. The van der Waals surface area contributed by atoms with Crippen LogP contribution >= 0.6 is 0 Å². The fourth-order valence-electron chi connectivity index (χ4n) is 2.27. The molecule has 3 heteroatoms. The third-order valence-corrected chi connectivity index (χ3v) is 3.49. The first kappa shape index (κ1) is 14.6. The molecule has 0 aliphatic carbocycles. The highest BCUT2D eigenvalue weighted by Crippen LogP contribution is 2.14. The van der Waals surface area contributed by atoms with Gasteiger partial charge in [-0.25, -0.2) is 9.83 Å². The first-order valence-corrected chi connectivity index (χ1v) is 7.34. The summed E-state index contributed by atoms with van der Waals surface area (Å²) in [6.45, 7) is 7.72. The molecule has 3 nitrogen and oxygen atoms in total. The second kappa shape index (κ2) is 7.11. The van der Waals surface area contributed by atoms with Crippen molar-refractivity contribution in [2.75, 3.05) is 0 Å². The van der Waals surface area contributed by atoms with Crippen LogP contribution in [-0.4, -0.2) is 9.55 Å². The zero-order chi connectivity index (χ0) is 15.9. The van der Waals surface area contributed by atoms with Crippen molar-refractivity contribution in [3.63, 3.8) is 0 Å². The topological polar surface area (TPSA) is 22.2 Å². The summed E-state index contributed by atoms with van der Waals surface area (Å²) in [5, 5.41) is 0. The molecule has 0 bridgehead atoms. The second-order valence-electron chi connectivity index (χ2n) is 5.14. The zero-order valence-corrected chi connectivity index (χ0v) is 12.6. The van der Waals surface area contributed by atoms with E-state index in [1.165, 1.54) is 0 Å². The lowest BCUT2D eigenvalue weighted by atomic mass is 10.2. The first-order chi connectivity index (χ1) is 11.3. The molecule has 0 amide bonds. The summed E-state index contributed by atoms with van der Waals surface area (Å²) >= 11 is 0. The standard InChI is InChI=1S/C20H15N3/c1-21-19-12-10-18(11-13-19)15-23-16-22-14-20(23)9-5-8-17-6-3-2-4-7-17/h2-4,6-7,10-14,16H,9,15H2. The Balaban J connectivity index is 1.70. The lowest BCUT2D eigenvalue weighted by molar-refractivity contribution is 0.760. The first-order valence-electron chi connectivity index (χ1n) is 7.34. The predicted octanol–water partition coefficient (Wildman–Crippen LogP) is 4.08. The highest BCUT2D eigenvalue weighted by molar-refractivity contribution is 5.45. The Hall–Kier alpha value is -3.30. The van der Waals surface area contributed by atoms with Gasteiger partial charge in [0.15, 0.2) is 5.69 Å². The van der Waals surface area contributed by atoms with Crippen molar-refractivity contribution in [3.8, 4) is 11.8 Å². The molecule has 1 heterocycles. The average Bonchev–Trinajstić information content (AvgIpc) is 3.04. The number of aromatic nitrogens is 2. The number of nitrogens with zero attached hydrogens (tertiary/aromatic N) is 3. The number of hydrogen-bond acceptors (Lipinski definition) is 1. The highest BCUT2D eigenvalue weighted by atomic mass is 15.0. The van der Waals surface area contributed by atoms with Crippen molar-refractivity contribution in [2.24, 2.45) is 0 Å². The molecule has 3 aromatic rings. The van der Waals surface area contributed by atoms with E-state index in [-0.39, 0.29) is 0 Å². The van der Waals surface area contributed by atoms with Gasteiger partial charge in [0, 0.05) is 24.0 Å². The van der Waals surface area contributed by atoms with Crippen molar-refractivity contribution in [2.45, 2.75) is 13.0 Å². The molecule has 0 saturated heterocycles. The van der Waals surface area contributed by atoms with Crippen molar-refractivity contribution < 1.29 is 0 Å². The maximum Gasteiger partial charge on any atom is 0.187 e. The predicted molar refractivity (Wildman–Crippen MR) is 91.1 cm³/mol. The largest absolute Gasteiger partial charge is 0.329 e. The third-order valence-electron chi connectivity index (χ3n) is 3.49. The molecule has 0 radical (unpaired) electrons. The minimum atomic E-state index is 0.660. The van der Waals surface area contributed by atoms with E-state index < -0.39 is 0 Å². The van der Waals surface area contributed by atoms with Crippen LogP contribution in [0.3, 0.4) is 0 Å². The van der Waals surface area contributed by atoms with Gasteiger partial charge in [-0.1, -0.05) is 54.3 Å². The fraction of sp³-hybridized carbons (Fsp3) is 0.100. The summed E-state index contributed by atoms with van der Waals surface area (Å²) in [6.07, 6.45) is 4.34. The normalized spacial score (nSPS) is 9.70. The van der Waals surface area contributed by atoms with Gasteiger partial charge >= 0.3 is 0 Å². The molecule has 110 valence electrons. The molecule has 0 fully saturated rings. The zero-order valence-electron chi connectivity index (χ0n) is 12.6. The van der Waals surface area contributed by atoms with Gasteiger partial charge in [-0.15, -0.1) is 0 Å². The summed E-state index contributed by atoms with van der Waals surface area (Å²) in [7, 11) is 0. The van der Waals surface area contributed by atoms with E-state index in [4.69, 9.17) is 6.57 Å². The van der Waals surface area contributed by atoms with E-state index in [0.29, 0.717) is 12.1 Å². The Labute approximate surface area is 136 Å². The maximum atomic E-state index is 6.99. The fourth-order valence-corrected chi connectivity index (χ4v) is 2.27. The number of benzene rings is 2. The summed E-state index contributed by atoms with van der Waals surface area (Å²) in [5.74, 6) is 6.36. The van der Waals surface area contributed by atoms with Gasteiger partial charge in [0.1, 0.15) is 0 Å². The van der Waals surface area contributed by atoms with Crippen LogP contribution in [0.2, 0.25) is 0 Å². The summed E-state index contributed by atoms with van der Waals surface area (Å²) in [5.41, 5.74) is 3.91. The molecular weight excluding hydrogens is 282 g/mol. The summed E-state index contributed by atoms with van der Waals surface area (Å²) < 4.78 is 2.09. The van der Waals surface area contributed by atoms with Gasteiger partial charge in [0.05, 0.1) is 19.3 Å². The minimum absolute atomic E-state index is 0.660. The molecule has 0 atom stereocenters. The Morgan fingerprint density at radius 2 is 1.83 bits per heavy atom. The van der Waals surface area contributed by atoms with Crippen LogP contribution in [-0.2, 0) is 13.0 Å². The van der Waals surface area contributed by atoms with E-state index in [0.717, 1.165) is 23.4 Å². The van der Waals surface area contributed by atoms with Crippen LogP contribution in [0.25, 0.3) is 4.85 Å². The van der Waals surface area contributed by atoms with E-state index in [1.54, 1.807) is 0 Å². The van der Waals surface area contributed by atoms with Crippen LogP contribution in [0.15, 0.2) is 67.1 Å². The summed E-state index contributed by atoms with van der Waals surface area (Å²) in [6, 6.07) is 17.6. The van der Waals surface area contributed by atoms with E-state index in [9.17, 15) is 0 Å². The molecule has 0 saturated carbocycles. The van der Waals surface area contributed by atoms with Crippen molar-refractivity contribution in [3.05, 3.63) is 95.4 Å². The maximum absolute atomic E-state index is 6.99. The Bertz CT molecular complexity index is 872. The molecule has 0 aliphatic rings. The molecule has 0 spiro atoms. The van der Waals surface area contributed by atoms with E-state index in [1.807, 2.05) is 67.1 Å². The lowest BCUT2D eigenvalue weighted by Crippen LogP contribution is -2.02. The number of hydrogen-bond donors (Lipinski definition) is 0. The molecule has 23 heavy (non-hydrogen) atoms. The van der Waals surface area contributed by atoms with Crippen LogP contribution in [0, 0.1) is 18.4 Å². The molecule has 2 aromatic carbocycles. The molecule has 1 aromatic heterocycles. The van der Waals surface area contributed by atoms with E-state index in [2.05, 4.69) is 26.2 Å². The Morgan fingerprint density at radius 3 is 2.57 bits per heavy atom. The number of imidazole rings is 1. The van der Waals surface area contributed by atoms with Crippen molar-refractivity contribution in [1.82, 2.24) is 9.55 Å². The van der Waals surface area contributed by atoms with E-state index >= 15 is 0 Å². The Kier molecular flexibility index (Phi) is 4.52. The van der Waals surface area contributed by atoms with Crippen LogP contribution in [0.1, 0.15) is 16.8 Å². The second-order valence-corrected chi connectivity index (χ2v) is 5.14. The van der Waals surface area contributed by atoms with Gasteiger partial charge in [0.25, 0.3) is 0 Å². The molecule has 3 rings (SSSR count). The van der Waals surface area contributed by atoms with Gasteiger partial charge in [-0.05, 0) is 17.7 Å². The molecule has 0 aliphatic heterocycles. The molecule has 0 unspecified atom stereocenters. The van der Waals surface area contributed by atoms with Crippen molar-refractivity contribution >= 4 is 5.69 Å². The smallest absolute Gasteiger partial charge is 0.187 e. The van der Waals surface area contributed by atoms with Gasteiger partial charge in [0.2, 0.25) is 0 Å². The third kappa shape index (κ3) is 3.87. The lowest BCUT2D eigenvalue weighted by Gasteiger charge is -2.06. The van der Waals surface area contributed by atoms with Crippen molar-refractivity contribution in [1.29, 1.82) is 0 Å². The SMILES string of the molecule is [C-]#[N+]c1ccc(Cn2cncc2CC#Cc2ccccc2)cc1. The highest BCUT2D eigenvalue weighted by Gasteiger charge is 2.02. The van der Waals surface area contributed by atoms with Crippen LogP contribution in [0.5, 0.6) is 0 Å². The molecule has 0 N–H and O–H groups in total. The van der Waals surface area contributed by atoms with Crippen LogP contribution < -0.4 is 0 Å². The van der Waals surface area contributed by atoms with Gasteiger partial charge < -0.3 is 4.57 Å². The minimum Gasteiger partial charge on any atom is -0.329 e. The van der Waals surface area contributed by atoms with Crippen LogP contribution in [0.4, 0.5) is 5.69 Å². The van der Waals surface area contributed by atoms with Gasteiger partial charge in [-0.3, -0.25) is 0 Å². The summed E-state index contributed by atoms with van der Waals surface area (Å²) in [4.78, 5) is 7.63. The number of rotatable bonds is 3.